The van der Waals surface area contributed by atoms with Gasteiger partial charge in [-0.3, -0.25) is 4.79 Å². The first kappa shape index (κ1) is 25.4. The molecule has 0 spiro atoms. The van der Waals surface area contributed by atoms with Crippen molar-refractivity contribution in [2.75, 3.05) is 12.3 Å². The number of aromatic nitrogens is 4. The van der Waals surface area contributed by atoms with Gasteiger partial charge in [-0.2, -0.15) is 9.97 Å². The monoisotopic (exact) mass is 467 g/mol. The van der Waals surface area contributed by atoms with Gasteiger partial charge < -0.3 is 26.5 Å². The molecule has 0 saturated carbocycles. The van der Waals surface area contributed by atoms with Gasteiger partial charge in [0.2, 0.25) is 17.7 Å². The fourth-order valence-corrected chi connectivity index (χ4v) is 3.79. The van der Waals surface area contributed by atoms with E-state index in [4.69, 9.17) is 16.2 Å². The predicted molar refractivity (Wildman–Crippen MR) is 134 cm³/mol. The highest BCUT2D eigenvalue weighted by Crippen LogP contribution is 2.21. The summed E-state index contributed by atoms with van der Waals surface area (Å²) in [7, 11) is 0. The Hall–Kier alpha value is -3.20. The number of nitrogen functional groups attached to an aromatic ring is 1. The minimum atomic E-state index is 0.110. The minimum absolute atomic E-state index is 0.110. The van der Waals surface area contributed by atoms with Crippen LogP contribution in [0.5, 0.6) is 5.88 Å². The molecule has 0 aliphatic rings. The van der Waals surface area contributed by atoms with Crippen LogP contribution in [0.3, 0.4) is 0 Å². The van der Waals surface area contributed by atoms with Gasteiger partial charge in [-0.25, -0.2) is 4.98 Å². The van der Waals surface area contributed by atoms with Crippen LogP contribution >= 0.6 is 0 Å². The van der Waals surface area contributed by atoms with Crippen LogP contribution in [0.1, 0.15) is 75.3 Å². The van der Waals surface area contributed by atoms with Gasteiger partial charge in [0.05, 0.1) is 6.33 Å². The number of nitrogens with one attached hydrogen (secondary N) is 2. The Kier molecular flexibility index (Phi) is 10.6. The summed E-state index contributed by atoms with van der Waals surface area (Å²) in [6, 6.07) is 7.93. The van der Waals surface area contributed by atoms with Gasteiger partial charge in [0.15, 0.2) is 11.2 Å². The van der Waals surface area contributed by atoms with Crippen LogP contribution in [-0.2, 0) is 17.9 Å². The number of hydrogen-bond acceptors (Lipinski definition) is 7. The molecule has 9 heteroatoms. The van der Waals surface area contributed by atoms with E-state index in [0.717, 1.165) is 36.9 Å². The molecular weight excluding hydrogens is 430 g/mol. The van der Waals surface area contributed by atoms with Crippen LogP contribution < -0.4 is 21.5 Å². The molecule has 3 aromatic rings. The topological polar surface area (TPSA) is 145 Å². The largest absolute Gasteiger partial charge is 0.471 e. The first-order chi connectivity index (χ1) is 16.7. The van der Waals surface area contributed by atoms with Crippen molar-refractivity contribution in [2.45, 2.75) is 77.4 Å². The smallest absolute Gasteiger partial charge is 0.247 e. The number of hydrogen-bond donors (Lipinski definition) is 4. The van der Waals surface area contributed by atoms with E-state index in [1.54, 1.807) is 0 Å². The quantitative estimate of drug-likeness (QED) is 0.233. The Bertz CT molecular complexity index is 1000. The van der Waals surface area contributed by atoms with Crippen LogP contribution in [0, 0.1) is 0 Å². The number of anilines is 1. The number of imidazole rings is 1. The number of nitrogens with zero attached hydrogens (tertiary/aromatic N) is 3. The average molecular weight is 468 g/mol. The Morgan fingerprint density at radius 2 is 1.56 bits per heavy atom. The zero-order chi connectivity index (χ0) is 24.0. The summed E-state index contributed by atoms with van der Waals surface area (Å²) in [5, 5.41) is 3.01. The minimum Gasteiger partial charge on any atom is -0.471 e. The van der Waals surface area contributed by atoms with Crippen LogP contribution in [0.25, 0.3) is 11.2 Å². The predicted octanol–water partition coefficient (Wildman–Crippen LogP) is 3.99. The molecule has 0 aliphatic carbocycles. The second-order valence-electron chi connectivity index (χ2n) is 8.59. The van der Waals surface area contributed by atoms with Crippen molar-refractivity contribution in [1.29, 1.82) is 0 Å². The molecule has 2 heterocycles. The summed E-state index contributed by atoms with van der Waals surface area (Å²) in [5.74, 6) is 0.591. The van der Waals surface area contributed by atoms with Crippen LogP contribution in [0.15, 0.2) is 30.6 Å². The molecule has 1 amide bonds. The first-order valence-corrected chi connectivity index (χ1v) is 12.3. The van der Waals surface area contributed by atoms with Gasteiger partial charge in [0.1, 0.15) is 6.61 Å². The molecule has 0 bridgehead atoms. The van der Waals surface area contributed by atoms with Gasteiger partial charge in [-0.05, 0) is 30.5 Å². The maximum Gasteiger partial charge on any atom is 0.247 e. The lowest BCUT2D eigenvalue weighted by atomic mass is 10.1. The molecule has 6 N–H and O–H groups in total. The van der Waals surface area contributed by atoms with Crippen molar-refractivity contribution in [3.05, 3.63) is 41.7 Å². The second kappa shape index (κ2) is 14.1. The molecule has 0 atom stereocenters. The maximum absolute atomic E-state index is 12.1. The Balaban J connectivity index is 1.28. The molecular formula is C25H37N7O2. The van der Waals surface area contributed by atoms with Gasteiger partial charge in [0, 0.05) is 13.0 Å². The number of aromatic amines is 1. The van der Waals surface area contributed by atoms with E-state index in [1.807, 2.05) is 24.3 Å². The van der Waals surface area contributed by atoms with Gasteiger partial charge >= 0.3 is 0 Å². The van der Waals surface area contributed by atoms with E-state index < -0.39 is 0 Å². The zero-order valence-corrected chi connectivity index (χ0v) is 19.9. The van der Waals surface area contributed by atoms with Crippen LogP contribution in [0.2, 0.25) is 0 Å². The lowest BCUT2D eigenvalue weighted by Gasteiger charge is -2.08. The van der Waals surface area contributed by atoms with E-state index >= 15 is 0 Å². The van der Waals surface area contributed by atoms with Crippen molar-refractivity contribution < 1.29 is 9.53 Å². The fraction of sp³-hybridized carbons (Fsp3) is 0.520. The number of carbonyl (C=O) groups excluding carboxylic acids is 1. The molecule has 1 aromatic carbocycles. The standard InChI is InChI=1S/C25H37N7O2/c26-15-9-7-5-3-1-2-4-6-8-10-21(33)28-16-19-11-13-20(14-12-19)17-34-24-22-23(30-18-29-22)31-25(27)32-24/h11-14,18H,1-10,15-17,26H2,(H,28,33)(H3,27,29,30,31,32). The van der Waals surface area contributed by atoms with Gasteiger partial charge in [-0.1, -0.05) is 69.2 Å². The van der Waals surface area contributed by atoms with Gasteiger partial charge in [-0.15, -0.1) is 0 Å². The molecule has 0 saturated heterocycles. The number of rotatable bonds is 16. The summed E-state index contributed by atoms with van der Waals surface area (Å²) < 4.78 is 5.80. The lowest BCUT2D eigenvalue weighted by Crippen LogP contribution is -2.22. The molecule has 0 fully saturated rings. The zero-order valence-electron chi connectivity index (χ0n) is 19.9. The van der Waals surface area contributed by atoms with Crippen LogP contribution in [-0.4, -0.2) is 32.4 Å². The summed E-state index contributed by atoms with van der Waals surface area (Å²) in [5.41, 5.74) is 14.3. The Morgan fingerprint density at radius 1 is 0.912 bits per heavy atom. The van der Waals surface area contributed by atoms with Crippen molar-refractivity contribution in [1.82, 2.24) is 25.3 Å². The maximum atomic E-state index is 12.1. The van der Waals surface area contributed by atoms with E-state index in [0.29, 0.717) is 36.6 Å². The molecule has 0 radical (unpaired) electrons. The van der Waals surface area contributed by atoms with E-state index in [-0.39, 0.29) is 11.9 Å². The Labute approximate surface area is 201 Å². The molecule has 34 heavy (non-hydrogen) atoms. The summed E-state index contributed by atoms with van der Waals surface area (Å²) in [4.78, 5) is 27.4. The summed E-state index contributed by atoms with van der Waals surface area (Å²) >= 11 is 0. The number of benzene rings is 1. The number of fused-ring (bicyclic) bond motifs is 1. The summed E-state index contributed by atoms with van der Waals surface area (Å²) in [6.45, 7) is 1.66. The highest BCUT2D eigenvalue weighted by molar-refractivity contribution is 5.76. The molecule has 2 aromatic heterocycles. The summed E-state index contributed by atoms with van der Waals surface area (Å²) in [6.07, 6.45) is 12.9. The second-order valence-corrected chi connectivity index (χ2v) is 8.59. The third kappa shape index (κ3) is 8.62. The van der Waals surface area contributed by atoms with Crippen molar-refractivity contribution >= 4 is 23.0 Å². The molecule has 184 valence electrons. The number of nitrogens with two attached hydrogens (primary N) is 2. The van der Waals surface area contributed by atoms with Crippen molar-refractivity contribution in [3.8, 4) is 5.88 Å². The fourth-order valence-electron chi connectivity index (χ4n) is 3.79. The molecule has 0 aliphatic heterocycles. The number of carbonyl (C=O) groups is 1. The number of H-pyrrole nitrogens is 1. The molecule has 9 nitrogen and oxygen atoms in total. The van der Waals surface area contributed by atoms with E-state index in [1.165, 1.54) is 44.9 Å². The third-order valence-corrected chi connectivity index (χ3v) is 5.76. The highest BCUT2D eigenvalue weighted by Gasteiger charge is 2.10. The van der Waals surface area contributed by atoms with Gasteiger partial charge in [0.25, 0.3) is 0 Å². The Morgan fingerprint density at radius 3 is 2.26 bits per heavy atom. The number of unbranched alkanes of at least 4 members (excludes halogenated alkanes) is 8. The third-order valence-electron chi connectivity index (χ3n) is 5.76. The first-order valence-electron chi connectivity index (χ1n) is 12.3. The van der Waals surface area contributed by atoms with Crippen molar-refractivity contribution in [2.24, 2.45) is 5.73 Å². The molecule has 0 unspecified atom stereocenters. The lowest BCUT2D eigenvalue weighted by molar-refractivity contribution is -0.121. The normalized spacial score (nSPS) is 11.1. The average Bonchev–Trinajstić information content (AvgIpc) is 3.31. The van der Waals surface area contributed by atoms with Crippen LogP contribution in [0.4, 0.5) is 5.95 Å². The SMILES string of the molecule is NCCCCCCCCCCCC(=O)NCc1ccc(COc2nc(N)nc3[nH]cnc23)cc1. The van der Waals surface area contributed by atoms with E-state index in [9.17, 15) is 4.79 Å². The highest BCUT2D eigenvalue weighted by atomic mass is 16.5. The van der Waals surface area contributed by atoms with E-state index in [2.05, 4.69) is 25.3 Å². The van der Waals surface area contributed by atoms with Crippen molar-refractivity contribution in [3.63, 3.8) is 0 Å². The number of amides is 1. The molecule has 3 rings (SSSR count). The number of ether oxygens (including phenoxy) is 1.